The van der Waals surface area contributed by atoms with E-state index in [-0.39, 0.29) is 23.8 Å². The summed E-state index contributed by atoms with van der Waals surface area (Å²) < 4.78 is 5.27. The number of aryl methyl sites for hydroxylation is 1. The summed E-state index contributed by atoms with van der Waals surface area (Å²) in [5, 5.41) is 0.855. The van der Waals surface area contributed by atoms with E-state index in [0.717, 1.165) is 39.3 Å². The van der Waals surface area contributed by atoms with Gasteiger partial charge in [0.15, 0.2) is 0 Å². The molecule has 2 atom stereocenters. The van der Waals surface area contributed by atoms with E-state index < -0.39 is 0 Å². The highest BCUT2D eigenvalue weighted by atomic mass is 32.2. The zero-order chi connectivity index (χ0) is 23.5. The van der Waals surface area contributed by atoms with Gasteiger partial charge in [0.05, 0.1) is 23.7 Å². The van der Waals surface area contributed by atoms with E-state index in [4.69, 9.17) is 20.4 Å². The number of thiophene rings is 1. The molecule has 174 valence electrons. The molecule has 1 saturated heterocycles. The largest absolute Gasteiger partial charge is 0.462 e. The van der Waals surface area contributed by atoms with Gasteiger partial charge in [-0.25, -0.2) is 14.8 Å². The summed E-state index contributed by atoms with van der Waals surface area (Å²) in [5.74, 6) is 1.21. The Morgan fingerprint density at radius 2 is 2.00 bits per heavy atom. The molecule has 1 amide bonds. The van der Waals surface area contributed by atoms with E-state index in [1.165, 1.54) is 11.3 Å². The molecule has 1 aliphatic rings. The van der Waals surface area contributed by atoms with Crippen molar-refractivity contribution in [3.05, 3.63) is 46.6 Å². The van der Waals surface area contributed by atoms with E-state index in [1.807, 2.05) is 25.1 Å². The fraction of sp³-hybridized carbons (Fsp3) is 0.417. The lowest BCUT2D eigenvalue weighted by Crippen LogP contribution is -2.46. The highest BCUT2D eigenvalue weighted by molar-refractivity contribution is 7.98. The van der Waals surface area contributed by atoms with Crippen LogP contribution in [0.15, 0.2) is 35.2 Å². The SMILES string of the molecule is CCOC(=O)c1sc2nc(CSc3ccccc3)nc(N3C[C@H](C(N)=O)CC[C@H]3C)c2c1C. The Labute approximate surface area is 201 Å². The third-order valence-electron chi connectivity index (χ3n) is 5.95. The molecule has 9 heteroatoms. The first-order chi connectivity index (χ1) is 15.9. The minimum Gasteiger partial charge on any atom is -0.462 e. The van der Waals surface area contributed by atoms with Crippen molar-refractivity contribution in [2.45, 2.75) is 50.3 Å². The smallest absolute Gasteiger partial charge is 0.348 e. The summed E-state index contributed by atoms with van der Waals surface area (Å²) in [4.78, 5) is 38.9. The molecule has 0 unspecified atom stereocenters. The van der Waals surface area contributed by atoms with Crippen LogP contribution in [0.25, 0.3) is 10.2 Å². The summed E-state index contributed by atoms with van der Waals surface area (Å²) in [6, 6.07) is 10.3. The highest BCUT2D eigenvalue weighted by Gasteiger charge is 2.32. The average Bonchev–Trinajstić information content (AvgIpc) is 3.15. The number of benzene rings is 1. The number of amides is 1. The Bertz CT molecular complexity index is 1170. The molecule has 2 N–H and O–H groups in total. The van der Waals surface area contributed by atoms with Gasteiger partial charge in [-0.1, -0.05) is 18.2 Å². The lowest BCUT2D eigenvalue weighted by Gasteiger charge is -2.38. The molecule has 3 heterocycles. The number of hydrogen-bond donors (Lipinski definition) is 1. The molecule has 4 rings (SSSR count). The van der Waals surface area contributed by atoms with E-state index in [9.17, 15) is 9.59 Å². The number of aromatic nitrogens is 2. The molecule has 1 fully saturated rings. The Kier molecular flexibility index (Phi) is 7.19. The monoisotopic (exact) mass is 484 g/mol. The van der Waals surface area contributed by atoms with Gasteiger partial charge in [0.1, 0.15) is 21.3 Å². The first-order valence-electron chi connectivity index (χ1n) is 11.1. The third kappa shape index (κ3) is 4.99. The van der Waals surface area contributed by atoms with Crippen LogP contribution in [-0.4, -0.2) is 41.0 Å². The molecule has 1 aromatic carbocycles. The number of nitrogens with zero attached hydrogens (tertiary/aromatic N) is 3. The number of fused-ring (bicyclic) bond motifs is 1. The molecule has 7 nitrogen and oxygen atoms in total. The van der Waals surface area contributed by atoms with Crippen molar-refractivity contribution in [2.24, 2.45) is 11.7 Å². The van der Waals surface area contributed by atoms with Gasteiger partial charge in [0.2, 0.25) is 5.91 Å². The number of ether oxygens (including phenoxy) is 1. The van der Waals surface area contributed by atoms with Crippen molar-refractivity contribution in [2.75, 3.05) is 18.1 Å². The maximum Gasteiger partial charge on any atom is 0.348 e. The van der Waals surface area contributed by atoms with Crippen LogP contribution in [0.3, 0.4) is 0 Å². The number of carbonyl (C=O) groups excluding carboxylic acids is 2. The van der Waals surface area contributed by atoms with Crippen LogP contribution in [0.5, 0.6) is 0 Å². The van der Waals surface area contributed by atoms with Crippen LogP contribution in [0.1, 0.15) is 47.7 Å². The second-order valence-corrected chi connectivity index (χ2v) is 10.2. The summed E-state index contributed by atoms with van der Waals surface area (Å²) in [7, 11) is 0. The van der Waals surface area contributed by atoms with Gasteiger partial charge in [-0.2, -0.15) is 0 Å². The quantitative estimate of drug-likeness (QED) is 0.388. The molecule has 0 spiro atoms. The van der Waals surface area contributed by atoms with Crippen LogP contribution >= 0.6 is 23.1 Å². The molecule has 0 bridgehead atoms. The predicted octanol–water partition coefficient (Wildman–Crippen LogP) is 4.56. The molecule has 2 aromatic heterocycles. The molecule has 0 saturated carbocycles. The number of thioether (sulfide) groups is 1. The number of primary amides is 1. The maximum atomic E-state index is 12.6. The Hall–Kier alpha value is -2.65. The molecule has 0 radical (unpaired) electrons. The summed E-state index contributed by atoms with van der Waals surface area (Å²) in [5.41, 5.74) is 6.47. The predicted molar refractivity (Wildman–Crippen MR) is 133 cm³/mol. The van der Waals surface area contributed by atoms with Crippen molar-refractivity contribution in [1.82, 2.24) is 9.97 Å². The van der Waals surface area contributed by atoms with Gasteiger partial charge in [-0.3, -0.25) is 4.79 Å². The minimum atomic E-state index is -0.342. The molecule has 1 aliphatic heterocycles. The number of piperidine rings is 1. The molecular formula is C24H28N4O3S2. The van der Waals surface area contributed by atoms with Crippen LogP contribution < -0.4 is 10.6 Å². The zero-order valence-corrected chi connectivity index (χ0v) is 20.7. The standard InChI is InChI=1S/C24H28N4O3S2/c1-4-31-24(30)20-15(3)19-22(28-12-16(21(25)29)11-10-14(28)2)26-18(27-23(19)33-20)13-32-17-8-6-5-7-9-17/h5-9,14,16H,4,10-13H2,1-3H3,(H2,25,29)/t14-,16-/m1/s1. The van der Waals surface area contributed by atoms with Crippen molar-refractivity contribution >= 4 is 51.0 Å². The van der Waals surface area contributed by atoms with Crippen LogP contribution in [-0.2, 0) is 15.3 Å². The van der Waals surface area contributed by atoms with E-state index in [1.54, 1.807) is 18.7 Å². The van der Waals surface area contributed by atoms with Crippen molar-refractivity contribution < 1.29 is 14.3 Å². The Morgan fingerprint density at radius 1 is 1.24 bits per heavy atom. The lowest BCUT2D eigenvalue weighted by atomic mass is 9.92. The summed E-state index contributed by atoms with van der Waals surface area (Å²) in [6.07, 6.45) is 1.62. The van der Waals surface area contributed by atoms with E-state index in [0.29, 0.717) is 29.6 Å². The number of carbonyl (C=O) groups is 2. The molecule has 0 aliphatic carbocycles. The van der Waals surface area contributed by atoms with Crippen LogP contribution in [0.2, 0.25) is 0 Å². The van der Waals surface area contributed by atoms with Gasteiger partial charge in [-0.05, 0) is 51.3 Å². The van der Waals surface area contributed by atoms with Crippen LogP contribution in [0.4, 0.5) is 5.82 Å². The minimum absolute atomic E-state index is 0.193. The van der Waals surface area contributed by atoms with Gasteiger partial charge in [0, 0.05) is 17.5 Å². The zero-order valence-electron chi connectivity index (χ0n) is 19.0. The number of rotatable bonds is 7. The summed E-state index contributed by atoms with van der Waals surface area (Å²) in [6.45, 7) is 6.67. The topological polar surface area (TPSA) is 98.4 Å². The normalized spacial score (nSPS) is 18.5. The third-order valence-corrected chi connectivity index (χ3v) is 8.12. The maximum absolute atomic E-state index is 12.6. The van der Waals surface area contributed by atoms with Gasteiger partial charge in [0.25, 0.3) is 0 Å². The number of hydrogen-bond acceptors (Lipinski definition) is 8. The fourth-order valence-corrected chi connectivity index (χ4v) is 5.99. The first-order valence-corrected chi connectivity index (χ1v) is 12.9. The number of nitrogens with two attached hydrogens (primary N) is 1. The molecule has 33 heavy (non-hydrogen) atoms. The van der Waals surface area contributed by atoms with E-state index in [2.05, 4.69) is 24.0 Å². The van der Waals surface area contributed by atoms with Gasteiger partial charge >= 0.3 is 5.97 Å². The number of esters is 1. The Balaban J connectivity index is 1.78. The van der Waals surface area contributed by atoms with Crippen molar-refractivity contribution in [3.63, 3.8) is 0 Å². The van der Waals surface area contributed by atoms with Crippen molar-refractivity contribution in [1.29, 1.82) is 0 Å². The van der Waals surface area contributed by atoms with Gasteiger partial charge in [-0.15, -0.1) is 23.1 Å². The molecular weight excluding hydrogens is 456 g/mol. The number of anilines is 1. The summed E-state index contributed by atoms with van der Waals surface area (Å²) >= 11 is 3.01. The second-order valence-electron chi connectivity index (χ2n) is 8.20. The second kappa shape index (κ2) is 10.1. The molecule has 3 aromatic rings. The first kappa shape index (κ1) is 23.5. The van der Waals surface area contributed by atoms with Crippen LogP contribution in [0, 0.1) is 12.8 Å². The van der Waals surface area contributed by atoms with Gasteiger partial charge < -0.3 is 15.4 Å². The Morgan fingerprint density at radius 3 is 2.70 bits per heavy atom. The average molecular weight is 485 g/mol. The highest BCUT2D eigenvalue weighted by Crippen LogP contribution is 2.39. The van der Waals surface area contributed by atoms with Crippen molar-refractivity contribution in [3.8, 4) is 0 Å². The fourth-order valence-electron chi connectivity index (χ4n) is 4.12. The van der Waals surface area contributed by atoms with E-state index >= 15 is 0 Å². The lowest BCUT2D eigenvalue weighted by molar-refractivity contribution is -0.122.